The number of thiophene rings is 1. The van der Waals surface area contributed by atoms with Crippen molar-refractivity contribution in [1.29, 1.82) is 0 Å². The van der Waals surface area contributed by atoms with Crippen LogP contribution in [0.2, 0.25) is 0 Å². The molecule has 0 N–H and O–H groups in total. The maximum absolute atomic E-state index is 13.3. The van der Waals surface area contributed by atoms with E-state index in [4.69, 9.17) is 4.74 Å². The molecule has 1 aromatic carbocycles. The number of piperazine rings is 1. The number of rotatable bonds is 6. The Kier molecular flexibility index (Phi) is 6.42. The van der Waals surface area contributed by atoms with Crippen LogP contribution in [0.5, 0.6) is 0 Å². The second-order valence-electron chi connectivity index (χ2n) is 9.11. The number of methoxy groups -OCH3 is 1. The molecule has 6 nitrogen and oxygen atoms in total. The third-order valence-corrected chi connectivity index (χ3v) is 8.18. The fourth-order valence-corrected chi connectivity index (χ4v) is 6.32. The number of benzene rings is 1. The van der Waals surface area contributed by atoms with E-state index in [9.17, 15) is 4.79 Å². The minimum absolute atomic E-state index is 0.110. The number of aromatic nitrogens is 2. The maximum atomic E-state index is 13.3. The van der Waals surface area contributed by atoms with Gasteiger partial charge < -0.3 is 4.74 Å². The van der Waals surface area contributed by atoms with Crippen LogP contribution in [0, 0.1) is 6.92 Å². The van der Waals surface area contributed by atoms with E-state index < -0.39 is 0 Å². The highest BCUT2D eigenvalue weighted by Gasteiger charge is 2.30. The van der Waals surface area contributed by atoms with Gasteiger partial charge in [-0.1, -0.05) is 29.8 Å². The fourth-order valence-electron chi connectivity index (χ4n) is 5.07. The second kappa shape index (κ2) is 9.43. The van der Waals surface area contributed by atoms with Crippen molar-refractivity contribution in [3.05, 3.63) is 62.5 Å². The fraction of sp³-hybridized carbons (Fsp3) is 0.520. The predicted molar refractivity (Wildman–Crippen MR) is 130 cm³/mol. The first kappa shape index (κ1) is 21.8. The largest absolute Gasteiger partial charge is 0.383 e. The van der Waals surface area contributed by atoms with Crippen LogP contribution in [0.15, 0.2) is 35.4 Å². The van der Waals surface area contributed by atoms with Crippen molar-refractivity contribution >= 4 is 21.6 Å². The lowest BCUT2D eigenvalue weighted by molar-refractivity contribution is 0.0707. The summed E-state index contributed by atoms with van der Waals surface area (Å²) >= 11 is 1.73. The summed E-state index contributed by atoms with van der Waals surface area (Å²) in [6, 6.07) is 8.95. The molecule has 0 saturated carbocycles. The Morgan fingerprint density at radius 2 is 1.94 bits per heavy atom. The Hall–Kier alpha value is -2.06. The summed E-state index contributed by atoms with van der Waals surface area (Å²) in [4.78, 5) is 25.5. The lowest BCUT2D eigenvalue weighted by Crippen LogP contribution is -2.52. The first-order valence-electron chi connectivity index (χ1n) is 11.6. The average molecular weight is 453 g/mol. The minimum Gasteiger partial charge on any atom is -0.383 e. The molecule has 2 aromatic heterocycles. The van der Waals surface area contributed by atoms with E-state index in [-0.39, 0.29) is 5.56 Å². The molecule has 7 heteroatoms. The summed E-state index contributed by atoms with van der Waals surface area (Å²) in [6.07, 6.45) is 4.88. The van der Waals surface area contributed by atoms with E-state index in [0.29, 0.717) is 12.6 Å². The Morgan fingerprint density at radius 3 is 2.69 bits per heavy atom. The Labute approximate surface area is 193 Å². The van der Waals surface area contributed by atoms with Gasteiger partial charge in [0.25, 0.3) is 5.56 Å². The van der Waals surface area contributed by atoms with Gasteiger partial charge in [-0.3, -0.25) is 19.2 Å². The topological polar surface area (TPSA) is 50.6 Å². The molecule has 1 saturated heterocycles. The zero-order valence-corrected chi connectivity index (χ0v) is 19.9. The highest BCUT2D eigenvalue weighted by molar-refractivity contribution is 7.18. The number of ether oxygens (including phenoxy) is 1. The zero-order chi connectivity index (χ0) is 22.1. The number of hydrogen-bond donors (Lipinski definition) is 0. The van der Waals surface area contributed by atoms with E-state index in [1.54, 1.807) is 29.3 Å². The summed E-state index contributed by atoms with van der Waals surface area (Å²) in [7, 11) is 1.77. The maximum Gasteiger partial charge on any atom is 0.262 e. The van der Waals surface area contributed by atoms with Crippen molar-refractivity contribution in [2.45, 2.75) is 38.8 Å². The molecule has 0 spiro atoms. The number of hydrogen-bond acceptors (Lipinski definition) is 6. The molecular formula is C25H32N4O2S. The van der Waals surface area contributed by atoms with E-state index in [2.05, 4.69) is 46.0 Å². The molecule has 170 valence electrons. The van der Waals surface area contributed by atoms with Crippen LogP contribution < -0.4 is 5.56 Å². The normalized spacial score (nSPS) is 20.0. The van der Waals surface area contributed by atoms with Crippen molar-refractivity contribution in [2.75, 3.05) is 46.4 Å². The molecule has 5 rings (SSSR count). The van der Waals surface area contributed by atoms with Gasteiger partial charge in [-0.15, -0.1) is 11.3 Å². The van der Waals surface area contributed by atoms with Gasteiger partial charge in [-0.2, -0.15) is 0 Å². The first-order valence-corrected chi connectivity index (χ1v) is 12.4. The summed E-state index contributed by atoms with van der Waals surface area (Å²) in [5, 5.41) is 0.863. The van der Waals surface area contributed by atoms with Gasteiger partial charge in [-0.05, 0) is 37.3 Å². The van der Waals surface area contributed by atoms with Gasteiger partial charge in [0.15, 0.2) is 0 Å². The number of nitrogens with zero attached hydrogens (tertiary/aromatic N) is 4. The molecule has 0 amide bonds. The van der Waals surface area contributed by atoms with Crippen LogP contribution in [-0.4, -0.2) is 71.8 Å². The van der Waals surface area contributed by atoms with E-state index in [0.717, 1.165) is 74.4 Å². The standard InChI is InChI=1S/C25H32N4O2S/c1-18-3-5-19(6-4-18)16-29-17-26-24-23(25(29)30)21-8-7-20(15-22(21)32-24)28-11-9-27(10-12-28)13-14-31-2/h3-6,17,20H,7-16H2,1-2H3. The van der Waals surface area contributed by atoms with Crippen molar-refractivity contribution in [3.63, 3.8) is 0 Å². The molecule has 1 atom stereocenters. The molecular weight excluding hydrogens is 420 g/mol. The summed E-state index contributed by atoms with van der Waals surface area (Å²) in [5.74, 6) is 0. The number of aryl methyl sites for hydroxylation is 2. The zero-order valence-electron chi connectivity index (χ0n) is 19.0. The third kappa shape index (κ3) is 4.39. The number of fused-ring (bicyclic) bond motifs is 3. The highest BCUT2D eigenvalue weighted by atomic mass is 32.1. The molecule has 1 fully saturated rings. The first-order chi connectivity index (χ1) is 15.6. The van der Waals surface area contributed by atoms with Crippen LogP contribution in [0.4, 0.5) is 0 Å². The van der Waals surface area contributed by atoms with Crippen molar-refractivity contribution in [1.82, 2.24) is 19.4 Å². The van der Waals surface area contributed by atoms with Crippen LogP contribution in [0.25, 0.3) is 10.2 Å². The smallest absolute Gasteiger partial charge is 0.262 e. The lowest BCUT2D eigenvalue weighted by atomic mass is 9.91. The van der Waals surface area contributed by atoms with Crippen LogP contribution in [0.1, 0.15) is 28.0 Å². The SMILES string of the molecule is COCCN1CCN(C2CCc3c(sc4ncn(Cc5ccc(C)cc5)c(=O)c34)C2)CC1. The van der Waals surface area contributed by atoms with Crippen LogP contribution >= 0.6 is 11.3 Å². The molecule has 3 heterocycles. The molecule has 3 aromatic rings. The average Bonchev–Trinajstić information content (AvgIpc) is 3.20. The Morgan fingerprint density at radius 1 is 1.16 bits per heavy atom. The summed E-state index contributed by atoms with van der Waals surface area (Å²) < 4.78 is 6.99. The lowest BCUT2D eigenvalue weighted by Gasteiger charge is -2.40. The van der Waals surface area contributed by atoms with E-state index in [1.165, 1.54) is 16.0 Å². The van der Waals surface area contributed by atoms with Crippen molar-refractivity contribution < 1.29 is 4.74 Å². The van der Waals surface area contributed by atoms with E-state index >= 15 is 0 Å². The Balaban J connectivity index is 1.32. The molecule has 32 heavy (non-hydrogen) atoms. The van der Waals surface area contributed by atoms with Gasteiger partial charge in [0, 0.05) is 50.8 Å². The van der Waals surface area contributed by atoms with Gasteiger partial charge in [0.05, 0.1) is 24.9 Å². The molecule has 0 bridgehead atoms. The monoisotopic (exact) mass is 452 g/mol. The summed E-state index contributed by atoms with van der Waals surface area (Å²) in [6.45, 7) is 8.96. The van der Waals surface area contributed by atoms with Crippen molar-refractivity contribution in [2.24, 2.45) is 0 Å². The Bertz CT molecular complexity index is 1130. The highest BCUT2D eigenvalue weighted by Crippen LogP contribution is 2.35. The van der Waals surface area contributed by atoms with Gasteiger partial charge in [0.2, 0.25) is 0 Å². The molecule has 2 aliphatic rings. The van der Waals surface area contributed by atoms with Crippen LogP contribution in [-0.2, 0) is 24.1 Å². The van der Waals surface area contributed by atoms with Crippen LogP contribution in [0.3, 0.4) is 0 Å². The summed E-state index contributed by atoms with van der Waals surface area (Å²) in [5.41, 5.74) is 3.73. The van der Waals surface area contributed by atoms with Gasteiger partial charge >= 0.3 is 0 Å². The van der Waals surface area contributed by atoms with Gasteiger partial charge in [0.1, 0.15) is 4.83 Å². The quantitative estimate of drug-likeness (QED) is 0.576. The molecule has 1 aliphatic heterocycles. The molecule has 1 aliphatic carbocycles. The molecule has 0 radical (unpaired) electrons. The third-order valence-electron chi connectivity index (χ3n) is 7.02. The molecule has 1 unspecified atom stereocenters. The second-order valence-corrected chi connectivity index (χ2v) is 10.2. The minimum atomic E-state index is 0.110. The van der Waals surface area contributed by atoms with Gasteiger partial charge in [-0.25, -0.2) is 4.98 Å². The van der Waals surface area contributed by atoms with Crippen molar-refractivity contribution in [3.8, 4) is 0 Å². The van der Waals surface area contributed by atoms with E-state index in [1.807, 2.05) is 0 Å². The predicted octanol–water partition coefficient (Wildman–Crippen LogP) is 2.94.